The van der Waals surface area contributed by atoms with Crippen LogP contribution in [0.4, 0.5) is 0 Å². The molecule has 0 bridgehead atoms. The molecule has 0 atom stereocenters. The molecule has 2 aliphatic rings. The minimum atomic E-state index is -3.75. The summed E-state index contributed by atoms with van der Waals surface area (Å²) in [6, 6.07) is 11.5. The van der Waals surface area contributed by atoms with Gasteiger partial charge in [-0.15, -0.1) is 4.40 Å². The fourth-order valence-corrected chi connectivity index (χ4v) is 5.88. The van der Waals surface area contributed by atoms with Crippen LogP contribution in [0.1, 0.15) is 56.2 Å². The maximum atomic E-state index is 12.9. The Hall–Kier alpha value is -3.00. The first-order valence-electron chi connectivity index (χ1n) is 11.3. The molecule has 1 N–H and O–H groups in total. The maximum absolute atomic E-state index is 12.9. The average molecular weight is 467 g/mol. The maximum Gasteiger partial charge on any atom is 0.285 e. The molecule has 0 radical (unpaired) electrons. The molecule has 8 heteroatoms. The molecule has 0 unspecified atom stereocenters. The second-order valence-electron chi connectivity index (χ2n) is 8.96. The van der Waals surface area contributed by atoms with Gasteiger partial charge in [-0.3, -0.25) is 9.78 Å². The zero-order valence-electron chi connectivity index (χ0n) is 19.3. The summed E-state index contributed by atoms with van der Waals surface area (Å²) >= 11 is 0. The van der Waals surface area contributed by atoms with Gasteiger partial charge in [0.05, 0.1) is 0 Å². The van der Waals surface area contributed by atoms with Gasteiger partial charge in [0.15, 0.2) is 0 Å². The standard InChI is InChI=1S/C25H30N4O3S/c1-17(2)20-6-8-21(9-7-20)23-18(3)24(28-33(23,31)32)29-13-10-22(11-14-29)25(30)27-16-19-5-4-12-26-15-19/h4-9,12,15,17,22H,10-11,13-14,16H2,1-3H3,(H,27,30). The third-order valence-electron chi connectivity index (χ3n) is 6.33. The van der Waals surface area contributed by atoms with Gasteiger partial charge in [0.25, 0.3) is 10.0 Å². The second-order valence-corrected chi connectivity index (χ2v) is 10.5. The van der Waals surface area contributed by atoms with Crippen molar-refractivity contribution in [2.75, 3.05) is 13.1 Å². The lowest BCUT2D eigenvalue weighted by Gasteiger charge is -2.32. The van der Waals surface area contributed by atoms with E-state index in [1.165, 1.54) is 0 Å². The number of likely N-dealkylation sites (tertiary alicyclic amines) is 1. The molecule has 1 aromatic carbocycles. The summed E-state index contributed by atoms with van der Waals surface area (Å²) in [4.78, 5) is 18.9. The van der Waals surface area contributed by atoms with Crippen LogP contribution >= 0.6 is 0 Å². The Morgan fingerprint density at radius 1 is 1.15 bits per heavy atom. The van der Waals surface area contributed by atoms with Crippen LogP contribution in [0.3, 0.4) is 0 Å². The van der Waals surface area contributed by atoms with Crippen molar-refractivity contribution in [2.45, 2.75) is 46.1 Å². The molecule has 1 aromatic heterocycles. The van der Waals surface area contributed by atoms with E-state index >= 15 is 0 Å². The molecular weight excluding hydrogens is 436 g/mol. The number of carbonyl (C=O) groups excluding carboxylic acids is 1. The Bertz CT molecular complexity index is 1180. The molecule has 33 heavy (non-hydrogen) atoms. The minimum Gasteiger partial charge on any atom is -0.356 e. The van der Waals surface area contributed by atoms with E-state index in [-0.39, 0.29) is 16.7 Å². The lowest BCUT2D eigenvalue weighted by molar-refractivity contribution is -0.126. The number of benzene rings is 1. The fourth-order valence-electron chi connectivity index (χ4n) is 4.39. The molecule has 2 aromatic rings. The van der Waals surface area contributed by atoms with E-state index in [0.717, 1.165) is 11.1 Å². The monoisotopic (exact) mass is 466 g/mol. The van der Waals surface area contributed by atoms with Gasteiger partial charge in [0.1, 0.15) is 10.7 Å². The van der Waals surface area contributed by atoms with Crippen molar-refractivity contribution in [3.63, 3.8) is 0 Å². The van der Waals surface area contributed by atoms with Crippen molar-refractivity contribution in [3.8, 4) is 0 Å². The molecule has 0 spiro atoms. The molecule has 0 saturated carbocycles. The Morgan fingerprint density at radius 2 is 1.85 bits per heavy atom. The third kappa shape index (κ3) is 5.00. The molecule has 2 aliphatic heterocycles. The van der Waals surface area contributed by atoms with Crippen molar-refractivity contribution in [2.24, 2.45) is 10.3 Å². The van der Waals surface area contributed by atoms with Crippen LogP contribution in [0, 0.1) is 5.92 Å². The number of carbonyl (C=O) groups is 1. The molecule has 1 amide bonds. The van der Waals surface area contributed by atoms with Crippen LogP contribution in [-0.2, 0) is 21.4 Å². The van der Waals surface area contributed by atoms with Gasteiger partial charge in [-0.1, -0.05) is 44.2 Å². The summed E-state index contributed by atoms with van der Waals surface area (Å²) in [6.07, 6.45) is 4.76. The number of rotatable bonds is 5. The highest BCUT2D eigenvalue weighted by atomic mass is 32.2. The number of nitrogens with one attached hydrogen (secondary N) is 1. The van der Waals surface area contributed by atoms with E-state index in [0.29, 0.717) is 55.4 Å². The Labute approximate surface area is 195 Å². The lowest BCUT2D eigenvalue weighted by atomic mass is 9.95. The summed E-state index contributed by atoms with van der Waals surface area (Å²) < 4.78 is 29.9. The van der Waals surface area contributed by atoms with E-state index in [1.54, 1.807) is 12.4 Å². The summed E-state index contributed by atoms with van der Waals surface area (Å²) in [7, 11) is -3.75. The Balaban J connectivity index is 1.42. The number of hydrogen-bond donors (Lipinski definition) is 1. The predicted octanol–water partition coefficient (Wildman–Crippen LogP) is 3.71. The minimum absolute atomic E-state index is 0.0256. The van der Waals surface area contributed by atoms with Crippen molar-refractivity contribution in [1.82, 2.24) is 15.2 Å². The van der Waals surface area contributed by atoms with Gasteiger partial charge in [-0.05, 0) is 48.4 Å². The SMILES string of the molecule is CC1=C(c2ccc(C(C)C)cc2)S(=O)(=O)N=C1N1CCC(C(=O)NCc2cccnc2)CC1. The van der Waals surface area contributed by atoms with E-state index in [9.17, 15) is 13.2 Å². The highest BCUT2D eigenvalue weighted by molar-refractivity contribution is 8.00. The molecule has 0 aliphatic carbocycles. The van der Waals surface area contributed by atoms with Gasteiger partial charge in [0.2, 0.25) is 5.91 Å². The predicted molar refractivity (Wildman–Crippen MR) is 130 cm³/mol. The van der Waals surface area contributed by atoms with Crippen LogP contribution in [0.2, 0.25) is 0 Å². The molecular formula is C25H30N4O3S. The van der Waals surface area contributed by atoms with Gasteiger partial charge in [0, 0.05) is 43.5 Å². The van der Waals surface area contributed by atoms with Gasteiger partial charge in [-0.25, -0.2) is 0 Å². The second kappa shape index (κ2) is 9.47. The first-order valence-corrected chi connectivity index (χ1v) is 12.8. The van der Waals surface area contributed by atoms with Gasteiger partial charge in [-0.2, -0.15) is 8.42 Å². The van der Waals surface area contributed by atoms with Crippen LogP contribution in [0.25, 0.3) is 4.91 Å². The highest BCUT2D eigenvalue weighted by Crippen LogP contribution is 2.35. The highest BCUT2D eigenvalue weighted by Gasteiger charge is 2.35. The largest absolute Gasteiger partial charge is 0.356 e. The van der Waals surface area contributed by atoms with Crippen molar-refractivity contribution >= 4 is 26.7 Å². The average Bonchev–Trinajstić information content (AvgIpc) is 3.06. The number of amidine groups is 1. The van der Waals surface area contributed by atoms with E-state index in [4.69, 9.17) is 0 Å². The van der Waals surface area contributed by atoms with Crippen LogP contribution < -0.4 is 5.32 Å². The number of aromatic nitrogens is 1. The summed E-state index contributed by atoms with van der Waals surface area (Å²) in [5.74, 6) is 0.817. The van der Waals surface area contributed by atoms with Crippen LogP contribution in [-0.4, -0.2) is 43.1 Å². The molecule has 3 heterocycles. The number of sulfonamides is 1. The topological polar surface area (TPSA) is 91.7 Å². The van der Waals surface area contributed by atoms with E-state index < -0.39 is 10.0 Å². The summed E-state index contributed by atoms with van der Waals surface area (Å²) in [6.45, 7) is 7.68. The van der Waals surface area contributed by atoms with Crippen molar-refractivity contribution in [3.05, 3.63) is 71.1 Å². The lowest BCUT2D eigenvalue weighted by Crippen LogP contribution is -2.43. The number of nitrogens with zero attached hydrogens (tertiary/aromatic N) is 3. The van der Waals surface area contributed by atoms with Crippen LogP contribution in [0.5, 0.6) is 0 Å². The Kier molecular flexibility index (Phi) is 6.65. The number of piperidine rings is 1. The number of amides is 1. The molecule has 4 rings (SSSR count). The van der Waals surface area contributed by atoms with Crippen molar-refractivity contribution < 1.29 is 13.2 Å². The van der Waals surface area contributed by atoms with E-state index in [2.05, 4.69) is 28.5 Å². The molecule has 174 valence electrons. The Morgan fingerprint density at radius 3 is 2.45 bits per heavy atom. The van der Waals surface area contributed by atoms with Gasteiger partial charge < -0.3 is 10.2 Å². The van der Waals surface area contributed by atoms with Gasteiger partial charge >= 0.3 is 0 Å². The normalized spacial score (nSPS) is 18.5. The van der Waals surface area contributed by atoms with Crippen LogP contribution in [0.15, 0.2) is 58.8 Å². The molecule has 1 fully saturated rings. The smallest absolute Gasteiger partial charge is 0.285 e. The quantitative estimate of drug-likeness (QED) is 0.725. The fraction of sp³-hybridized carbons (Fsp3) is 0.400. The summed E-state index contributed by atoms with van der Waals surface area (Å²) in [5.41, 5.74) is 3.47. The molecule has 7 nitrogen and oxygen atoms in total. The first-order chi connectivity index (χ1) is 15.8. The summed E-state index contributed by atoms with van der Waals surface area (Å²) in [5, 5.41) is 2.98. The number of hydrogen-bond acceptors (Lipinski definition) is 5. The number of pyridine rings is 1. The first kappa shape index (κ1) is 23.2. The third-order valence-corrected chi connectivity index (χ3v) is 7.81. The zero-order valence-corrected chi connectivity index (χ0v) is 20.1. The molecule has 1 saturated heterocycles. The zero-order chi connectivity index (χ0) is 23.6. The van der Waals surface area contributed by atoms with E-state index in [1.807, 2.05) is 48.2 Å². The van der Waals surface area contributed by atoms with Crippen molar-refractivity contribution in [1.29, 1.82) is 0 Å².